The molecule has 0 saturated heterocycles. The average Bonchev–Trinajstić information content (AvgIpc) is 3.83. The summed E-state index contributed by atoms with van der Waals surface area (Å²) in [6.07, 6.45) is 1.78. The van der Waals surface area contributed by atoms with Gasteiger partial charge in [-0.2, -0.15) is 0 Å². The zero-order valence-corrected chi connectivity index (χ0v) is 33.7. The van der Waals surface area contributed by atoms with Gasteiger partial charge in [-0.3, -0.25) is 9.59 Å². The molecule has 0 atom stereocenters. The quantitative estimate of drug-likeness (QED) is 0.166. The van der Waals surface area contributed by atoms with Crippen molar-refractivity contribution in [3.05, 3.63) is 227 Å². The van der Waals surface area contributed by atoms with E-state index in [0.29, 0.717) is 21.5 Å². The summed E-state index contributed by atoms with van der Waals surface area (Å²) in [5, 5.41) is 10.8. The summed E-state index contributed by atoms with van der Waals surface area (Å²) in [4.78, 5) is 35.8. The van der Waals surface area contributed by atoms with E-state index in [0.717, 1.165) is 76.9 Å². The third kappa shape index (κ3) is 5.15. The third-order valence-electron chi connectivity index (χ3n) is 12.9. The molecule has 0 N–H and O–H groups in total. The second-order valence-corrected chi connectivity index (χ2v) is 16.2. The second-order valence-electron chi connectivity index (χ2n) is 16.2. The van der Waals surface area contributed by atoms with E-state index in [1.807, 2.05) is 78.9 Å². The van der Waals surface area contributed by atoms with Gasteiger partial charge in [0.2, 0.25) is 0 Å². The first kappa shape index (κ1) is 35.2. The lowest BCUT2D eigenvalue weighted by atomic mass is 9.95. The smallest absolute Gasteiger partial charge is 0.267 e. The molecule has 0 amide bonds. The van der Waals surface area contributed by atoms with Crippen molar-refractivity contribution in [3.8, 4) is 28.3 Å². The van der Waals surface area contributed by atoms with Crippen LogP contribution in [0.2, 0.25) is 0 Å². The first-order chi connectivity index (χ1) is 31.1. The van der Waals surface area contributed by atoms with Crippen molar-refractivity contribution in [2.75, 3.05) is 0 Å². The molecule has 4 aromatic heterocycles. The summed E-state index contributed by atoms with van der Waals surface area (Å²) >= 11 is 0. The monoisotopic (exact) mass is 806 g/mol. The molecule has 9 aromatic carbocycles. The Hall–Kier alpha value is -8.61. The lowest BCUT2D eigenvalue weighted by Crippen LogP contribution is -2.29. The molecule has 13 aromatic rings. The molecule has 13 rings (SSSR count). The number of hydrogen-bond acceptors (Lipinski definition) is 3. The van der Waals surface area contributed by atoms with Crippen molar-refractivity contribution in [2.45, 2.75) is 0 Å². The van der Waals surface area contributed by atoms with Gasteiger partial charge >= 0.3 is 0 Å². The summed E-state index contributed by atoms with van der Waals surface area (Å²) in [6, 6.07) is 68.0. The van der Waals surface area contributed by atoms with Crippen LogP contribution in [0.1, 0.15) is 0 Å². The van der Waals surface area contributed by atoms with Gasteiger partial charge in [-0.25, -0.2) is 9.55 Å². The van der Waals surface area contributed by atoms with E-state index >= 15 is 9.59 Å². The number of nitrogens with zero attached hydrogens (tertiary/aromatic N) is 4. The van der Waals surface area contributed by atoms with E-state index in [1.54, 1.807) is 12.3 Å². The predicted molar refractivity (Wildman–Crippen MR) is 260 cm³/mol. The topological polar surface area (TPSA) is 61.8 Å². The number of aromatic nitrogens is 4. The van der Waals surface area contributed by atoms with Crippen LogP contribution in [0.3, 0.4) is 0 Å². The Morgan fingerprint density at radius 3 is 1.48 bits per heavy atom. The number of fused-ring (bicyclic) bond motifs is 12. The van der Waals surface area contributed by atoms with Crippen molar-refractivity contribution >= 4 is 86.7 Å². The van der Waals surface area contributed by atoms with Gasteiger partial charge in [-0.1, -0.05) is 127 Å². The standard InChI is InChI=1S/C57H34N4O2/c62-56-49-31-48-44-21-10-12-25-52(44)59(37-15-3-1-4-16-37)53(48)32-46(49)45-30-47-43-20-9-11-24-51(43)60(38-17-5-2-6-18-38)54(47)33-50(45)57(63)61(56)55-29-27-36(34-58-55)40-22-13-23-41-39-19-8-7-14-35(39)26-28-42(40)41/h1-34H. The van der Waals surface area contributed by atoms with E-state index in [1.165, 1.54) is 15.3 Å². The van der Waals surface area contributed by atoms with Gasteiger partial charge in [-0.15, -0.1) is 0 Å². The molecule has 0 unspecified atom stereocenters. The van der Waals surface area contributed by atoms with Gasteiger partial charge in [-0.05, 0) is 111 Å². The number of hydrogen-bond donors (Lipinski definition) is 0. The highest BCUT2D eigenvalue weighted by molar-refractivity contribution is 6.21. The van der Waals surface area contributed by atoms with Crippen LogP contribution >= 0.6 is 0 Å². The number of para-hydroxylation sites is 4. The molecule has 0 radical (unpaired) electrons. The fraction of sp³-hybridized carbons (Fsp3) is 0. The van der Waals surface area contributed by atoms with Gasteiger partial charge in [0.1, 0.15) is 5.82 Å². The van der Waals surface area contributed by atoms with Crippen molar-refractivity contribution in [3.63, 3.8) is 0 Å². The van der Waals surface area contributed by atoms with Gasteiger partial charge < -0.3 is 9.13 Å². The minimum absolute atomic E-state index is 0.258. The van der Waals surface area contributed by atoms with Crippen LogP contribution in [-0.2, 0) is 0 Å². The first-order valence-corrected chi connectivity index (χ1v) is 21.1. The van der Waals surface area contributed by atoms with E-state index in [-0.39, 0.29) is 5.82 Å². The summed E-state index contributed by atoms with van der Waals surface area (Å²) in [5.74, 6) is 0.258. The van der Waals surface area contributed by atoms with E-state index < -0.39 is 11.1 Å². The molecule has 63 heavy (non-hydrogen) atoms. The van der Waals surface area contributed by atoms with Gasteiger partial charge in [0.25, 0.3) is 11.1 Å². The number of benzene rings is 9. The lowest BCUT2D eigenvalue weighted by molar-refractivity contribution is 0.928. The van der Waals surface area contributed by atoms with Crippen LogP contribution in [0.15, 0.2) is 216 Å². The van der Waals surface area contributed by atoms with Crippen LogP contribution in [0.4, 0.5) is 0 Å². The molecular weight excluding hydrogens is 773 g/mol. The Balaban J connectivity index is 1.14. The first-order valence-electron chi connectivity index (χ1n) is 21.1. The van der Waals surface area contributed by atoms with Crippen molar-refractivity contribution in [2.24, 2.45) is 0 Å². The maximum atomic E-state index is 15.5. The van der Waals surface area contributed by atoms with Gasteiger partial charge in [0.15, 0.2) is 0 Å². The van der Waals surface area contributed by atoms with Crippen LogP contribution in [0.25, 0.3) is 115 Å². The normalized spacial score (nSPS) is 11.9. The average molecular weight is 807 g/mol. The SMILES string of the molecule is O=c1c2cc3c(cc2c2cc4c(cc2c(=O)n1-c1ccc(-c2cccc5c2ccc2ccccc25)cn1)c1ccccc1n4-c1ccccc1)c1ccccc1n3-c1ccccc1. The predicted octanol–water partition coefficient (Wildman–Crippen LogP) is 13.1. The Morgan fingerprint density at radius 1 is 0.317 bits per heavy atom. The van der Waals surface area contributed by atoms with Crippen molar-refractivity contribution in [1.82, 2.24) is 18.7 Å². The zero-order chi connectivity index (χ0) is 41.8. The second kappa shape index (κ2) is 13.4. The molecule has 6 nitrogen and oxygen atoms in total. The van der Waals surface area contributed by atoms with E-state index in [4.69, 9.17) is 4.98 Å². The Bertz CT molecular complexity index is 4170. The molecule has 6 heteroatoms. The van der Waals surface area contributed by atoms with Crippen LogP contribution < -0.4 is 11.1 Å². The number of pyridine rings is 1. The maximum absolute atomic E-state index is 15.5. The summed E-state index contributed by atoms with van der Waals surface area (Å²) < 4.78 is 5.72. The third-order valence-corrected chi connectivity index (χ3v) is 12.9. The van der Waals surface area contributed by atoms with E-state index in [9.17, 15) is 0 Å². The molecule has 0 bridgehead atoms. The molecule has 0 saturated carbocycles. The Kier molecular flexibility index (Phi) is 7.51. The highest BCUT2D eigenvalue weighted by atomic mass is 16.2. The Labute approximate surface area is 359 Å². The molecule has 0 fully saturated rings. The molecule has 294 valence electrons. The van der Waals surface area contributed by atoms with Crippen LogP contribution in [0.5, 0.6) is 0 Å². The van der Waals surface area contributed by atoms with Crippen molar-refractivity contribution in [1.29, 1.82) is 0 Å². The van der Waals surface area contributed by atoms with Gasteiger partial charge in [0.05, 0.1) is 27.5 Å². The van der Waals surface area contributed by atoms with Crippen molar-refractivity contribution < 1.29 is 0 Å². The van der Waals surface area contributed by atoms with Gasteiger partial charge in [0, 0.05) is 50.1 Å². The Morgan fingerprint density at radius 2 is 0.841 bits per heavy atom. The minimum Gasteiger partial charge on any atom is -0.309 e. The molecule has 0 spiro atoms. The summed E-state index contributed by atoms with van der Waals surface area (Å²) in [5.41, 5.74) is 6.90. The lowest BCUT2D eigenvalue weighted by Gasteiger charge is -2.10. The molecule has 4 heterocycles. The van der Waals surface area contributed by atoms with E-state index in [2.05, 4.69) is 124 Å². The van der Waals surface area contributed by atoms with Crippen LogP contribution in [-0.4, -0.2) is 18.7 Å². The number of rotatable bonds is 4. The zero-order valence-electron chi connectivity index (χ0n) is 33.7. The summed E-state index contributed by atoms with van der Waals surface area (Å²) in [6.45, 7) is 0. The summed E-state index contributed by atoms with van der Waals surface area (Å²) in [7, 11) is 0. The molecular formula is C57H34N4O2. The molecule has 0 aliphatic rings. The fourth-order valence-corrected chi connectivity index (χ4v) is 10.1. The maximum Gasteiger partial charge on any atom is 0.267 e. The minimum atomic E-state index is -0.435. The largest absolute Gasteiger partial charge is 0.309 e. The molecule has 0 aliphatic carbocycles. The highest BCUT2D eigenvalue weighted by Gasteiger charge is 2.21. The van der Waals surface area contributed by atoms with Crippen LogP contribution in [0, 0.1) is 0 Å². The fourth-order valence-electron chi connectivity index (χ4n) is 10.1. The highest BCUT2D eigenvalue weighted by Crippen LogP contribution is 2.39. The molecule has 0 aliphatic heterocycles.